The summed E-state index contributed by atoms with van der Waals surface area (Å²) in [6, 6.07) is 6.80. The Labute approximate surface area is 277 Å². The van der Waals surface area contributed by atoms with Crippen molar-refractivity contribution in [2.45, 2.75) is 26.7 Å². The van der Waals surface area contributed by atoms with Gasteiger partial charge in [-0.1, -0.05) is 0 Å². The van der Waals surface area contributed by atoms with E-state index in [1.807, 2.05) is 0 Å². The molecule has 0 bridgehead atoms. The summed E-state index contributed by atoms with van der Waals surface area (Å²) in [5.74, 6) is -0.768. The number of Topliss-reactive ketones (excluding diaryl/α,β-unsaturated/α-hetero) is 2. The van der Waals surface area contributed by atoms with Crippen LogP contribution in [0.15, 0.2) is 24.3 Å². The van der Waals surface area contributed by atoms with Gasteiger partial charge in [0.2, 0.25) is 0 Å². The highest BCUT2D eigenvalue weighted by Gasteiger charge is 2.35. The van der Waals surface area contributed by atoms with Crippen LogP contribution in [-0.2, 0) is 31.9 Å². The first-order valence-electron chi connectivity index (χ1n) is 14.7. The zero-order chi connectivity index (χ0) is 35.4. The predicted molar refractivity (Wildman–Crippen MR) is 178 cm³/mol. The molecule has 0 aromatic heterocycles. The highest BCUT2D eigenvalue weighted by Crippen LogP contribution is 2.55. The monoisotopic (exact) mass is 662 g/mol. The predicted octanol–water partition coefficient (Wildman–Crippen LogP) is 5.55. The van der Waals surface area contributed by atoms with E-state index in [1.54, 1.807) is 24.3 Å². The van der Waals surface area contributed by atoms with Crippen LogP contribution in [0, 0.1) is 0 Å². The molecule has 4 aromatic rings. The Morgan fingerprint density at radius 2 is 0.792 bits per heavy atom. The topological polar surface area (TPSA) is 142 Å². The minimum Gasteiger partial charge on any atom is -0.496 e. The molecule has 0 saturated heterocycles. The second-order valence-corrected chi connectivity index (χ2v) is 10.8. The smallest absolute Gasteiger partial charge is 0.345 e. The molecular formula is C36H38O12. The van der Waals surface area contributed by atoms with Crippen molar-refractivity contribution in [1.29, 1.82) is 0 Å². The molecule has 4 aromatic carbocycles. The van der Waals surface area contributed by atoms with Crippen molar-refractivity contribution in [3.05, 3.63) is 46.5 Å². The van der Waals surface area contributed by atoms with Crippen molar-refractivity contribution >= 4 is 45.0 Å². The Morgan fingerprint density at radius 1 is 0.458 bits per heavy atom. The van der Waals surface area contributed by atoms with Crippen molar-refractivity contribution < 1.29 is 57.1 Å². The average molecular weight is 663 g/mol. The molecule has 254 valence electrons. The molecule has 48 heavy (non-hydrogen) atoms. The van der Waals surface area contributed by atoms with Gasteiger partial charge >= 0.3 is 11.9 Å². The molecule has 0 atom stereocenters. The fourth-order valence-electron chi connectivity index (χ4n) is 6.11. The molecule has 0 saturated carbocycles. The number of hydrogen-bond acceptors (Lipinski definition) is 12. The highest BCUT2D eigenvalue weighted by molar-refractivity contribution is 6.20. The largest absolute Gasteiger partial charge is 0.496 e. The van der Waals surface area contributed by atoms with Gasteiger partial charge in [0, 0.05) is 45.9 Å². The summed E-state index contributed by atoms with van der Waals surface area (Å²) in [5, 5.41) is 1.72. The average Bonchev–Trinajstić information content (AvgIpc) is 3.07. The molecule has 0 radical (unpaired) electrons. The highest BCUT2D eigenvalue weighted by atomic mass is 16.5. The number of hydrogen-bond donors (Lipinski definition) is 0. The lowest BCUT2D eigenvalue weighted by atomic mass is 9.85. The van der Waals surface area contributed by atoms with E-state index < -0.39 is 11.9 Å². The van der Waals surface area contributed by atoms with Gasteiger partial charge in [-0.15, -0.1) is 0 Å². The lowest BCUT2D eigenvalue weighted by Gasteiger charge is -2.25. The summed E-state index contributed by atoms with van der Waals surface area (Å²) in [4.78, 5) is 51.8. The number of esters is 2. The first-order chi connectivity index (χ1) is 23.0. The van der Waals surface area contributed by atoms with Gasteiger partial charge in [0.25, 0.3) is 0 Å². The third-order valence-electron chi connectivity index (χ3n) is 7.96. The standard InChI is InChI=1S/C36H38O12/c1-17(37)11-19-13-21-23(15-25(19)41-3)31(43-5)29(35(39)47-9)33(45-7)27(21)28-22-14-20(12-18(2)38)26(42-4)16-24(22)32(44-6)30(34(28)46-8)36(40)48-10/h13-16H,11-12H2,1-10H3. The summed E-state index contributed by atoms with van der Waals surface area (Å²) in [7, 11) is 10.9. The van der Waals surface area contributed by atoms with Gasteiger partial charge in [0.1, 0.15) is 57.2 Å². The fraction of sp³-hybridized carbons (Fsp3) is 0.333. The van der Waals surface area contributed by atoms with Gasteiger partial charge < -0.3 is 37.9 Å². The van der Waals surface area contributed by atoms with Crippen LogP contribution in [0.2, 0.25) is 0 Å². The molecule has 0 unspecified atom stereocenters. The van der Waals surface area contributed by atoms with E-state index in [0.29, 0.717) is 44.2 Å². The zero-order valence-corrected chi connectivity index (χ0v) is 28.6. The van der Waals surface area contributed by atoms with E-state index in [9.17, 15) is 19.2 Å². The Hall–Kier alpha value is -5.52. The van der Waals surface area contributed by atoms with Gasteiger partial charge in [-0.25, -0.2) is 9.59 Å². The van der Waals surface area contributed by atoms with E-state index in [1.165, 1.54) is 70.7 Å². The quantitative estimate of drug-likeness (QED) is 0.166. The third kappa shape index (κ3) is 6.01. The van der Waals surface area contributed by atoms with E-state index in [2.05, 4.69) is 0 Å². The summed E-state index contributed by atoms with van der Waals surface area (Å²) in [6.45, 7) is 2.91. The summed E-state index contributed by atoms with van der Waals surface area (Å²) >= 11 is 0. The molecule has 0 spiro atoms. The number of carbonyl (C=O) groups excluding carboxylic acids is 4. The Bertz CT molecular complexity index is 1820. The van der Waals surface area contributed by atoms with E-state index in [0.717, 1.165) is 0 Å². The number of rotatable bonds is 13. The Balaban J connectivity index is 2.49. The van der Waals surface area contributed by atoms with Gasteiger partial charge in [0.15, 0.2) is 0 Å². The van der Waals surface area contributed by atoms with Crippen LogP contribution in [0.1, 0.15) is 45.7 Å². The molecular weight excluding hydrogens is 624 g/mol. The lowest BCUT2D eigenvalue weighted by molar-refractivity contribution is -0.117. The molecule has 4 rings (SSSR count). The van der Waals surface area contributed by atoms with E-state index in [-0.39, 0.29) is 69.7 Å². The van der Waals surface area contributed by atoms with Crippen molar-refractivity contribution in [3.63, 3.8) is 0 Å². The molecule has 0 N–H and O–H groups in total. The van der Waals surface area contributed by atoms with Crippen molar-refractivity contribution in [1.82, 2.24) is 0 Å². The molecule has 0 aliphatic heterocycles. The van der Waals surface area contributed by atoms with Crippen LogP contribution < -0.4 is 28.4 Å². The first-order valence-corrected chi connectivity index (χ1v) is 14.7. The number of carbonyl (C=O) groups is 4. The van der Waals surface area contributed by atoms with Gasteiger partial charge in [0.05, 0.1) is 56.9 Å². The second-order valence-electron chi connectivity index (χ2n) is 10.8. The number of ketones is 2. The number of benzene rings is 4. The van der Waals surface area contributed by atoms with E-state index in [4.69, 9.17) is 37.9 Å². The normalized spacial score (nSPS) is 10.8. The molecule has 12 heteroatoms. The van der Waals surface area contributed by atoms with Crippen molar-refractivity contribution in [3.8, 4) is 45.6 Å². The maximum absolute atomic E-state index is 13.5. The second kappa shape index (κ2) is 14.5. The van der Waals surface area contributed by atoms with Crippen LogP contribution in [-0.4, -0.2) is 80.4 Å². The minimum atomic E-state index is -0.775. The molecule has 0 aliphatic rings. The van der Waals surface area contributed by atoms with Crippen LogP contribution in [0.4, 0.5) is 0 Å². The lowest BCUT2D eigenvalue weighted by Crippen LogP contribution is -2.12. The molecule has 0 fully saturated rings. The Kier molecular flexibility index (Phi) is 10.7. The number of methoxy groups -OCH3 is 8. The third-order valence-corrected chi connectivity index (χ3v) is 7.96. The van der Waals surface area contributed by atoms with Crippen LogP contribution in [0.3, 0.4) is 0 Å². The first kappa shape index (κ1) is 35.3. The fourth-order valence-corrected chi connectivity index (χ4v) is 6.11. The molecule has 0 heterocycles. The maximum Gasteiger partial charge on any atom is 0.345 e. The minimum absolute atomic E-state index is 0.0228. The number of fused-ring (bicyclic) bond motifs is 2. The molecule has 0 amide bonds. The summed E-state index contributed by atoms with van der Waals surface area (Å²) < 4.78 is 45.3. The molecule has 0 aliphatic carbocycles. The van der Waals surface area contributed by atoms with Crippen molar-refractivity contribution in [2.24, 2.45) is 0 Å². The van der Waals surface area contributed by atoms with Gasteiger partial charge in [-0.05, 0) is 48.9 Å². The van der Waals surface area contributed by atoms with Crippen LogP contribution in [0.5, 0.6) is 34.5 Å². The van der Waals surface area contributed by atoms with Gasteiger partial charge in [-0.3, -0.25) is 9.59 Å². The van der Waals surface area contributed by atoms with E-state index >= 15 is 0 Å². The van der Waals surface area contributed by atoms with Crippen LogP contribution >= 0.6 is 0 Å². The SMILES string of the molecule is COC(=O)c1c(OC)c(-c2c(OC)c(C(=O)OC)c(OC)c3cc(OC)c(CC(C)=O)cc23)c2cc(CC(C)=O)c(OC)cc2c1OC. The summed E-state index contributed by atoms with van der Waals surface area (Å²) in [6.07, 6.45) is 0.0472. The zero-order valence-electron chi connectivity index (χ0n) is 28.6. The molecule has 12 nitrogen and oxygen atoms in total. The van der Waals surface area contributed by atoms with Crippen molar-refractivity contribution in [2.75, 3.05) is 56.9 Å². The summed E-state index contributed by atoms with van der Waals surface area (Å²) in [5.41, 5.74) is 1.53. The Morgan fingerprint density at radius 3 is 1.04 bits per heavy atom. The number of ether oxygens (including phenoxy) is 8. The van der Waals surface area contributed by atoms with Crippen LogP contribution in [0.25, 0.3) is 32.7 Å². The van der Waals surface area contributed by atoms with Gasteiger partial charge in [-0.2, -0.15) is 0 Å². The maximum atomic E-state index is 13.5.